The van der Waals surface area contributed by atoms with Crippen LogP contribution in [0.25, 0.3) is 21.3 Å². The predicted molar refractivity (Wildman–Crippen MR) is 122 cm³/mol. The molecule has 1 saturated heterocycles. The van der Waals surface area contributed by atoms with Crippen molar-refractivity contribution in [1.82, 2.24) is 9.97 Å². The van der Waals surface area contributed by atoms with Gasteiger partial charge in [-0.2, -0.15) is 0 Å². The third-order valence-electron chi connectivity index (χ3n) is 5.35. The Kier molecular flexibility index (Phi) is 4.92. The van der Waals surface area contributed by atoms with Gasteiger partial charge in [-0.25, -0.2) is 9.37 Å². The summed E-state index contributed by atoms with van der Waals surface area (Å²) in [4.78, 5) is 24.4. The van der Waals surface area contributed by atoms with E-state index in [9.17, 15) is 9.18 Å². The first-order valence-electron chi connectivity index (χ1n) is 9.62. The molecule has 0 radical (unpaired) electrons. The van der Waals surface area contributed by atoms with E-state index in [1.165, 1.54) is 17.4 Å². The first kappa shape index (κ1) is 19.1. The van der Waals surface area contributed by atoms with Crippen LogP contribution in [0.15, 0.2) is 58.7 Å². The number of fused-ring (bicyclic) bond motifs is 1. The molecule has 0 aliphatic carbocycles. The van der Waals surface area contributed by atoms with Crippen LogP contribution in [0.4, 0.5) is 16.0 Å². The fraction of sp³-hybridized carbons (Fsp3) is 0.182. The molecule has 30 heavy (non-hydrogen) atoms. The third kappa shape index (κ3) is 3.34. The van der Waals surface area contributed by atoms with Crippen molar-refractivity contribution in [2.24, 2.45) is 0 Å². The Morgan fingerprint density at radius 3 is 2.43 bits per heavy atom. The molecule has 8 heteroatoms. The first-order chi connectivity index (χ1) is 14.6. The van der Waals surface area contributed by atoms with Gasteiger partial charge in [0.15, 0.2) is 0 Å². The van der Waals surface area contributed by atoms with Crippen LogP contribution in [0.3, 0.4) is 0 Å². The third-order valence-corrected chi connectivity index (χ3v) is 6.65. The number of benzene rings is 2. The average molecular weight is 441 g/mol. The number of halogens is 2. The number of nitrogens with zero attached hydrogens (tertiary/aromatic N) is 3. The monoisotopic (exact) mass is 440 g/mol. The maximum absolute atomic E-state index is 14.1. The highest BCUT2D eigenvalue weighted by Crippen LogP contribution is 2.35. The van der Waals surface area contributed by atoms with Crippen molar-refractivity contribution in [3.8, 4) is 11.1 Å². The summed E-state index contributed by atoms with van der Waals surface area (Å²) in [6.45, 7) is 2.55. The maximum atomic E-state index is 14.1. The van der Waals surface area contributed by atoms with Gasteiger partial charge >= 0.3 is 0 Å². The lowest BCUT2D eigenvalue weighted by molar-refractivity contribution is 0.594. The van der Waals surface area contributed by atoms with Gasteiger partial charge in [0.2, 0.25) is 5.95 Å². The molecule has 2 aromatic carbocycles. The van der Waals surface area contributed by atoms with Gasteiger partial charge in [-0.15, -0.1) is 11.3 Å². The summed E-state index contributed by atoms with van der Waals surface area (Å²) in [6.07, 6.45) is 0. The number of thiophene rings is 1. The molecule has 0 spiro atoms. The minimum Gasteiger partial charge on any atom is -0.366 e. The second-order valence-electron chi connectivity index (χ2n) is 7.12. The number of H-pyrrole nitrogens is 1. The molecule has 2 aromatic heterocycles. The van der Waals surface area contributed by atoms with E-state index in [1.54, 1.807) is 12.1 Å². The zero-order chi connectivity index (χ0) is 20.7. The summed E-state index contributed by atoms with van der Waals surface area (Å²) >= 11 is 7.74. The van der Waals surface area contributed by atoms with Crippen LogP contribution >= 0.6 is 22.9 Å². The van der Waals surface area contributed by atoms with Crippen molar-refractivity contribution in [3.63, 3.8) is 0 Å². The molecule has 1 aliphatic rings. The molecular formula is C22H18ClFN4OS. The Balaban J connectivity index is 1.46. The molecule has 0 saturated carbocycles. The smallest absolute Gasteiger partial charge is 0.270 e. The Hall–Kier alpha value is -2.90. The number of aromatic amines is 1. The van der Waals surface area contributed by atoms with Crippen LogP contribution in [0.1, 0.15) is 0 Å². The van der Waals surface area contributed by atoms with E-state index < -0.39 is 0 Å². The summed E-state index contributed by atoms with van der Waals surface area (Å²) in [5.41, 5.74) is 2.82. The van der Waals surface area contributed by atoms with Crippen molar-refractivity contribution >= 4 is 44.8 Å². The van der Waals surface area contributed by atoms with E-state index in [4.69, 9.17) is 16.6 Å². The fourth-order valence-electron chi connectivity index (χ4n) is 3.80. The summed E-state index contributed by atoms with van der Waals surface area (Å²) in [7, 11) is 0. The first-order valence-corrected chi connectivity index (χ1v) is 10.9. The van der Waals surface area contributed by atoms with Crippen LogP contribution in [0, 0.1) is 5.82 Å². The molecule has 5 nitrogen and oxygen atoms in total. The molecule has 3 heterocycles. The SMILES string of the molecule is O=c1[nH]c(N2CCN(c3ccccc3F)CC2)nc2c(-c3ccccc3Cl)csc12. The van der Waals surface area contributed by atoms with Crippen molar-refractivity contribution in [2.75, 3.05) is 36.0 Å². The van der Waals surface area contributed by atoms with Crippen LogP contribution in [-0.4, -0.2) is 36.1 Å². The largest absolute Gasteiger partial charge is 0.366 e. The molecule has 152 valence electrons. The van der Waals surface area contributed by atoms with Crippen molar-refractivity contribution in [2.45, 2.75) is 0 Å². The van der Waals surface area contributed by atoms with Gasteiger partial charge in [-0.05, 0) is 18.2 Å². The maximum Gasteiger partial charge on any atom is 0.270 e. The Bertz CT molecular complexity index is 1280. The number of rotatable bonds is 3. The average Bonchev–Trinajstić information content (AvgIpc) is 3.19. The number of hydrogen-bond donors (Lipinski definition) is 1. The lowest BCUT2D eigenvalue weighted by atomic mass is 10.1. The quantitative estimate of drug-likeness (QED) is 0.498. The van der Waals surface area contributed by atoms with Crippen LogP contribution in [0.2, 0.25) is 5.02 Å². The zero-order valence-electron chi connectivity index (χ0n) is 15.9. The lowest BCUT2D eigenvalue weighted by Crippen LogP contribution is -2.47. The minimum absolute atomic E-state index is 0.158. The standard InChI is InChI=1S/C22H18ClFN4OS/c23-16-6-2-1-5-14(16)15-13-30-20-19(15)25-22(26-21(20)29)28-11-9-27(10-12-28)18-8-4-3-7-17(18)24/h1-8,13H,9-12H2,(H,25,26,29). The van der Waals surface area contributed by atoms with Crippen LogP contribution in [-0.2, 0) is 0 Å². The number of nitrogens with one attached hydrogen (secondary N) is 1. The Labute approximate surface area is 181 Å². The van der Waals surface area contributed by atoms with Gasteiger partial charge in [0, 0.05) is 47.7 Å². The number of piperazine rings is 1. The van der Waals surface area contributed by atoms with E-state index in [2.05, 4.69) is 4.98 Å². The van der Waals surface area contributed by atoms with Crippen LogP contribution < -0.4 is 15.4 Å². The highest BCUT2D eigenvalue weighted by molar-refractivity contribution is 7.17. The van der Waals surface area contributed by atoms with E-state index >= 15 is 0 Å². The molecule has 1 fully saturated rings. The van der Waals surface area contributed by atoms with Gasteiger partial charge in [0.25, 0.3) is 5.56 Å². The van der Waals surface area contributed by atoms with Gasteiger partial charge in [0.05, 0.1) is 11.2 Å². The van der Waals surface area contributed by atoms with Crippen molar-refractivity contribution in [3.05, 3.63) is 75.1 Å². The number of hydrogen-bond acceptors (Lipinski definition) is 5. The van der Waals surface area contributed by atoms with Gasteiger partial charge in [-0.1, -0.05) is 41.9 Å². The van der Waals surface area contributed by atoms with Crippen molar-refractivity contribution < 1.29 is 4.39 Å². The Morgan fingerprint density at radius 2 is 1.67 bits per heavy atom. The van der Waals surface area contributed by atoms with E-state index in [1.807, 2.05) is 45.5 Å². The van der Waals surface area contributed by atoms with Gasteiger partial charge in [-0.3, -0.25) is 9.78 Å². The summed E-state index contributed by atoms with van der Waals surface area (Å²) in [5, 5.41) is 2.55. The summed E-state index contributed by atoms with van der Waals surface area (Å²) in [5.74, 6) is 0.314. The van der Waals surface area contributed by atoms with Gasteiger partial charge in [0.1, 0.15) is 10.5 Å². The molecule has 4 aromatic rings. The van der Waals surface area contributed by atoms with Crippen LogP contribution in [0.5, 0.6) is 0 Å². The van der Waals surface area contributed by atoms with E-state index in [0.29, 0.717) is 53.1 Å². The second kappa shape index (κ2) is 7.74. The predicted octanol–water partition coefficient (Wildman–Crippen LogP) is 4.77. The molecular weight excluding hydrogens is 423 g/mol. The molecule has 1 N–H and O–H groups in total. The Morgan fingerprint density at radius 1 is 0.967 bits per heavy atom. The van der Waals surface area contributed by atoms with Gasteiger partial charge < -0.3 is 9.80 Å². The minimum atomic E-state index is -0.221. The second-order valence-corrected chi connectivity index (χ2v) is 8.41. The molecule has 1 aliphatic heterocycles. The topological polar surface area (TPSA) is 52.2 Å². The molecule has 0 atom stereocenters. The zero-order valence-corrected chi connectivity index (χ0v) is 17.5. The fourth-order valence-corrected chi connectivity index (χ4v) is 4.94. The highest BCUT2D eigenvalue weighted by atomic mass is 35.5. The number of para-hydroxylation sites is 1. The van der Waals surface area contributed by atoms with E-state index in [0.717, 1.165) is 11.1 Å². The highest BCUT2D eigenvalue weighted by Gasteiger charge is 2.22. The summed E-state index contributed by atoms with van der Waals surface area (Å²) < 4.78 is 14.7. The molecule has 0 unspecified atom stereocenters. The lowest BCUT2D eigenvalue weighted by Gasteiger charge is -2.36. The normalized spacial score (nSPS) is 14.5. The van der Waals surface area contributed by atoms with E-state index in [-0.39, 0.29) is 11.4 Å². The molecule has 0 amide bonds. The number of anilines is 2. The van der Waals surface area contributed by atoms with Crippen molar-refractivity contribution in [1.29, 1.82) is 0 Å². The number of aromatic nitrogens is 2. The molecule has 0 bridgehead atoms. The summed E-state index contributed by atoms with van der Waals surface area (Å²) in [6, 6.07) is 14.3. The molecule has 5 rings (SSSR count).